The van der Waals surface area contributed by atoms with Gasteiger partial charge in [0, 0.05) is 24.0 Å². The van der Waals surface area contributed by atoms with Crippen molar-refractivity contribution in [3.8, 4) is 5.69 Å². The number of amides is 1. The van der Waals surface area contributed by atoms with Crippen LogP contribution < -0.4 is 0 Å². The van der Waals surface area contributed by atoms with E-state index < -0.39 is 10.8 Å². The highest BCUT2D eigenvalue weighted by Gasteiger charge is 2.35. The van der Waals surface area contributed by atoms with Crippen molar-refractivity contribution < 1.29 is 9.72 Å². The van der Waals surface area contributed by atoms with Gasteiger partial charge in [-0.2, -0.15) is 15.1 Å². The van der Waals surface area contributed by atoms with Crippen LogP contribution in [0.25, 0.3) is 11.8 Å². The number of rotatable bonds is 6. The van der Waals surface area contributed by atoms with Gasteiger partial charge < -0.3 is 4.57 Å². The van der Waals surface area contributed by atoms with E-state index in [9.17, 15) is 14.9 Å². The molecule has 0 saturated carbocycles. The maximum atomic E-state index is 12.6. The van der Waals surface area contributed by atoms with Gasteiger partial charge >= 0.3 is 0 Å². The molecule has 1 amide bonds. The molecule has 2 aromatic rings. The predicted octanol–water partition coefficient (Wildman–Crippen LogP) is 4.19. The highest BCUT2D eigenvalue weighted by atomic mass is 32.2. The number of hydrazone groups is 1. The number of nitro benzene ring substituents is 1. The lowest BCUT2D eigenvalue weighted by Crippen LogP contribution is -2.35. The topological polar surface area (TPSA) is 117 Å². The number of hydrogen-bond donors (Lipinski definition) is 1. The fourth-order valence-corrected chi connectivity index (χ4v) is 4.04. The van der Waals surface area contributed by atoms with E-state index in [1.807, 2.05) is 0 Å². The summed E-state index contributed by atoms with van der Waals surface area (Å²) in [6.45, 7) is 2.09. The van der Waals surface area contributed by atoms with Crippen molar-refractivity contribution >= 4 is 45.5 Å². The first-order valence-electron chi connectivity index (χ1n) is 9.39. The molecule has 1 aromatic heterocycles. The predicted molar refractivity (Wildman–Crippen MR) is 117 cm³/mol. The van der Waals surface area contributed by atoms with E-state index in [-0.39, 0.29) is 17.1 Å². The monoisotopic (exact) mass is 422 g/mol. The van der Waals surface area contributed by atoms with Crippen LogP contribution in [0.15, 0.2) is 58.3 Å². The molecule has 152 valence electrons. The first-order valence-corrected chi connectivity index (χ1v) is 10.2. The Morgan fingerprint density at radius 3 is 2.90 bits per heavy atom. The van der Waals surface area contributed by atoms with Crippen LogP contribution in [-0.4, -0.2) is 36.5 Å². The molecule has 4 rings (SSSR count). The van der Waals surface area contributed by atoms with Crippen LogP contribution in [-0.2, 0) is 4.79 Å². The number of nitro groups is 1. The molecule has 0 atom stereocenters. The number of thioether (sulfide) groups is 1. The van der Waals surface area contributed by atoms with Gasteiger partial charge in [0.05, 0.1) is 16.2 Å². The molecule has 2 aliphatic heterocycles. The second kappa shape index (κ2) is 8.07. The average molecular weight is 422 g/mol. The summed E-state index contributed by atoms with van der Waals surface area (Å²) in [4.78, 5) is 27.3. The number of fused-ring (bicyclic) bond motifs is 1. The van der Waals surface area contributed by atoms with Gasteiger partial charge in [0.25, 0.3) is 11.6 Å². The Labute approximate surface area is 176 Å². The molecule has 0 aliphatic carbocycles. The summed E-state index contributed by atoms with van der Waals surface area (Å²) >= 11 is 1.32. The highest BCUT2D eigenvalue weighted by Crippen LogP contribution is 2.30. The normalized spacial score (nSPS) is 17.2. The Morgan fingerprint density at radius 1 is 1.30 bits per heavy atom. The number of aromatic nitrogens is 1. The number of non-ortho nitro benzene ring substituents is 1. The molecule has 1 aromatic carbocycles. The number of carbonyl (C=O) groups excluding carboxylic acids is 1. The lowest BCUT2D eigenvalue weighted by Gasteiger charge is -2.20. The molecule has 0 radical (unpaired) electrons. The highest BCUT2D eigenvalue weighted by molar-refractivity contribution is 8.26. The van der Waals surface area contributed by atoms with Crippen LogP contribution in [0.4, 0.5) is 5.69 Å². The molecule has 1 N–H and O–H groups in total. The Hall–Kier alpha value is -3.53. The van der Waals surface area contributed by atoms with Crippen molar-refractivity contribution in [2.45, 2.75) is 26.2 Å². The standard InChI is InChI=1S/C20H18N6O3S/c1-2-3-9-17-23-25-18(21)16(19(27)22-20(25)30-17)12-14-8-5-10-24(14)13-6-4-7-15(11-13)26(28)29/h4-8,10-12,21H,2-3,9H2,1H3/b16-12-,21-18?. The third-order valence-electron chi connectivity index (χ3n) is 4.63. The van der Waals surface area contributed by atoms with E-state index in [1.54, 1.807) is 41.1 Å². The summed E-state index contributed by atoms with van der Waals surface area (Å²) in [5.41, 5.74) is 1.27. The fourth-order valence-electron chi connectivity index (χ4n) is 3.11. The van der Waals surface area contributed by atoms with Crippen molar-refractivity contribution in [2.75, 3.05) is 0 Å². The zero-order valence-electron chi connectivity index (χ0n) is 16.1. The number of benzene rings is 1. The third kappa shape index (κ3) is 3.69. The quantitative estimate of drug-likeness (QED) is 0.425. The molecule has 0 bridgehead atoms. The number of nitrogens with zero attached hydrogens (tertiary/aromatic N) is 5. The van der Waals surface area contributed by atoms with Crippen LogP contribution in [0.2, 0.25) is 0 Å². The first-order chi connectivity index (χ1) is 14.5. The molecule has 0 unspecified atom stereocenters. The SMILES string of the molecule is CCCCC1=NN2C(=N)/C(=C/c3cccn3-c3cccc([N+](=O)[O-])c3)C(=O)N=C2S1. The smallest absolute Gasteiger partial charge is 0.283 e. The summed E-state index contributed by atoms with van der Waals surface area (Å²) in [6, 6.07) is 9.74. The Bertz CT molecular complexity index is 1150. The maximum absolute atomic E-state index is 12.6. The van der Waals surface area contributed by atoms with Crippen LogP contribution in [0.1, 0.15) is 31.9 Å². The minimum Gasteiger partial charge on any atom is -0.317 e. The summed E-state index contributed by atoms with van der Waals surface area (Å²) in [5.74, 6) is -0.534. The van der Waals surface area contributed by atoms with Gasteiger partial charge in [-0.15, -0.1) is 0 Å². The van der Waals surface area contributed by atoms with Crippen LogP contribution in [0, 0.1) is 15.5 Å². The zero-order chi connectivity index (χ0) is 21.3. The Balaban J connectivity index is 1.67. The van der Waals surface area contributed by atoms with E-state index in [0.717, 1.165) is 24.3 Å². The third-order valence-corrected chi connectivity index (χ3v) is 5.60. The molecule has 3 heterocycles. The summed E-state index contributed by atoms with van der Waals surface area (Å²) in [6.07, 6.45) is 6.10. The van der Waals surface area contributed by atoms with Crippen LogP contribution >= 0.6 is 11.8 Å². The van der Waals surface area contributed by atoms with Gasteiger partial charge in [0.1, 0.15) is 5.04 Å². The Kier molecular flexibility index (Phi) is 5.32. The zero-order valence-corrected chi connectivity index (χ0v) is 16.9. The minimum absolute atomic E-state index is 0.0291. The number of aliphatic imine (C=N–C) groups is 1. The van der Waals surface area contributed by atoms with Gasteiger partial charge in [-0.3, -0.25) is 20.3 Å². The molecule has 0 spiro atoms. The second-order valence-electron chi connectivity index (χ2n) is 6.70. The molecular formula is C20H18N6O3S. The van der Waals surface area contributed by atoms with Crippen molar-refractivity contribution in [3.05, 3.63) is 64.0 Å². The van der Waals surface area contributed by atoms with Gasteiger partial charge in [-0.1, -0.05) is 19.4 Å². The molecule has 0 fully saturated rings. The maximum Gasteiger partial charge on any atom is 0.283 e. The molecular weight excluding hydrogens is 404 g/mol. The number of carbonyl (C=O) groups is 1. The number of amidine groups is 2. The fraction of sp³-hybridized carbons (Fsp3) is 0.200. The van der Waals surface area contributed by atoms with E-state index in [2.05, 4.69) is 17.0 Å². The molecule has 30 heavy (non-hydrogen) atoms. The molecule has 9 nitrogen and oxygen atoms in total. The minimum atomic E-state index is -0.502. The summed E-state index contributed by atoms with van der Waals surface area (Å²) in [5, 5.41) is 26.6. The second-order valence-corrected chi connectivity index (χ2v) is 7.74. The van der Waals surface area contributed by atoms with E-state index in [4.69, 9.17) is 5.41 Å². The van der Waals surface area contributed by atoms with Crippen LogP contribution in [0.3, 0.4) is 0 Å². The van der Waals surface area contributed by atoms with Crippen molar-refractivity contribution in [3.63, 3.8) is 0 Å². The first kappa shape index (κ1) is 19.8. The van der Waals surface area contributed by atoms with Crippen molar-refractivity contribution in [1.29, 1.82) is 5.41 Å². The average Bonchev–Trinajstić information content (AvgIpc) is 3.36. The lowest BCUT2D eigenvalue weighted by atomic mass is 10.1. The van der Waals surface area contributed by atoms with E-state index in [1.165, 1.54) is 28.9 Å². The van der Waals surface area contributed by atoms with Gasteiger partial charge in [0.15, 0.2) is 5.84 Å². The van der Waals surface area contributed by atoms with Gasteiger partial charge in [-0.25, -0.2) is 0 Å². The summed E-state index contributed by atoms with van der Waals surface area (Å²) in [7, 11) is 0. The molecule has 2 aliphatic rings. The van der Waals surface area contributed by atoms with Crippen molar-refractivity contribution in [2.24, 2.45) is 10.1 Å². The number of hydrogen-bond acceptors (Lipinski definition) is 6. The Morgan fingerprint density at radius 2 is 2.13 bits per heavy atom. The largest absolute Gasteiger partial charge is 0.317 e. The number of unbranched alkanes of at least 4 members (excludes halogenated alkanes) is 1. The van der Waals surface area contributed by atoms with Gasteiger partial charge in [-0.05, 0) is 48.9 Å². The van der Waals surface area contributed by atoms with Crippen LogP contribution in [0.5, 0.6) is 0 Å². The van der Waals surface area contributed by atoms with Gasteiger partial charge in [0.2, 0.25) is 5.17 Å². The van der Waals surface area contributed by atoms with E-state index >= 15 is 0 Å². The van der Waals surface area contributed by atoms with Crippen molar-refractivity contribution in [1.82, 2.24) is 9.58 Å². The van der Waals surface area contributed by atoms with E-state index in [0.29, 0.717) is 16.5 Å². The summed E-state index contributed by atoms with van der Waals surface area (Å²) < 4.78 is 1.72. The lowest BCUT2D eigenvalue weighted by molar-refractivity contribution is -0.384. The molecule has 10 heteroatoms. The molecule has 0 saturated heterocycles. The number of nitrogens with one attached hydrogen (secondary N) is 1.